The lowest BCUT2D eigenvalue weighted by molar-refractivity contribution is -0.239. The van der Waals surface area contributed by atoms with Crippen LogP contribution in [0.15, 0.2) is 42.0 Å². The number of Topliss-reactive ketones (excluding diaryl/α,β-unsaturated/α-hetero) is 2. The second kappa shape index (κ2) is 5.45. The molecule has 0 amide bonds. The van der Waals surface area contributed by atoms with Crippen LogP contribution < -0.4 is 0 Å². The summed E-state index contributed by atoms with van der Waals surface area (Å²) in [5.74, 6) is -2.11. The molecule has 0 unspecified atom stereocenters. The summed E-state index contributed by atoms with van der Waals surface area (Å²) in [4.78, 5) is 24.9. The number of benzene rings is 1. The van der Waals surface area contributed by atoms with E-state index in [1.54, 1.807) is 0 Å². The fourth-order valence-corrected chi connectivity index (χ4v) is 3.95. The summed E-state index contributed by atoms with van der Waals surface area (Å²) in [5.41, 5.74) is 1.77. The van der Waals surface area contributed by atoms with E-state index in [-0.39, 0.29) is 29.3 Å². The maximum Gasteiger partial charge on any atom is 0.236 e. The lowest BCUT2D eigenvalue weighted by Gasteiger charge is -2.50. The van der Waals surface area contributed by atoms with Crippen LogP contribution in [0.5, 0.6) is 0 Å². The second-order valence-corrected chi connectivity index (χ2v) is 5.95. The second-order valence-electron chi connectivity index (χ2n) is 5.95. The fourth-order valence-electron chi connectivity index (χ4n) is 3.95. The van der Waals surface area contributed by atoms with Gasteiger partial charge in [-0.2, -0.15) is 0 Å². The van der Waals surface area contributed by atoms with Crippen molar-refractivity contribution in [1.29, 1.82) is 0 Å². The molecule has 2 bridgehead atoms. The van der Waals surface area contributed by atoms with Gasteiger partial charge in [0.15, 0.2) is 11.6 Å². The number of hydrogen-bond donors (Lipinski definition) is 0. The van der Waals surface area contributed by atoms with Crippen molar-refractivity contribution in [1.82, 2.24) is 0 Å². The molecule has 3 aliphatic carbocycles. The van der Waals surface area contributed by atoms with Gasteiger partial charge in [-0.15, -0.1) is 0 Å². The number of ether oxygens (including phenoxy) is 2. The predicted octanol–water partition coefficient (Wildman–Crippen LogP) is 2.49. The monoisotopic (exact) mass is 300 g/mol. The van der Waals surface area contributed by atoms with Crippen LogP contribution >= 0.6 is 0 Å². The van der Waals surface area contributed by atoms with E-state index in [0.717, 1.165) is 5.56 Å². The molecule has 0 heterocycles. The average Bonchev–Trinajstić information content (AvgIpc) is 2.56. The van der Waals surface area contributed by atoms with Crippen molar-refractivity contribution in [3.05, 3.63) is 47.5 Å². The summed E-state index contributed by atoms with van der Waals surface area (Å²) >= 11 is 0. The standard InChI is InChI=1S/C18H20O4/c1-11(19)13-9-15-14(12-7-5-4-6-8-12)10-16(13)18(21-2,22-3)17(15)20/h4-9,14-16H,10H2,1-3H3/t14-,15-,16+/m1/s1. The van der Waals surface area contributed by atoms with Crippen molar-refractivity contribution in [2.24, 2.45) is 11.8 Å². The third-order valence-electron chi connectivity index (χ3n) is 5.00. The third-order valence-corrected chi connectivity index (χ3v) is 5.00. The Bertz CT molecular complexity index is 628. The molecule has 22 heavy (non-hydrogen) atoms. The Hall–Kier alpha value is -1.78. The molecule has 3 aliphatic rings. The summed E-state index contributed by atoms with van der Waals surface area (Å²) in [5, 5.41) is 0. The zero-order valence-corrected chi connectivity index (χ0v) is 13.0. The van der Waals surface area contributed by atoms with Crippen LogP contribution in [0.25, 0.3) is 0 Å². The van der Waals surface area contributed by atoms with Gasteiger partial charge in [-0.3, -0.25) is 9.59 Å². The Morgan fingerprint density at radius 2 is 1.82 bits per heavy atom. The molecule has 0 saturated heterocycles. The minimum atomic E-state index is -1.33. The van der Waals surface area contributed by atoms with Gasteiger partial charge in [-0.25, -0.2) is 0 Å². The Labute approximate surface area is 130 Å². The lowest BCUT2D eigenvalue weighted by atomic mass is 9.59. The van der Waals surface area contributed by atoms with Gasteiger partial charge >= 0.3 is 0 Å². The predicted molar refractivity (Wildman–Crippen MR) is 81.3 cm³/mol. The maximum absolute atomic E-state index is 12.9. The Morgan fingerprint density at radius 3 is 2.36 bits per heavy atom. The minimum absolute atomic E-state index is 0.0208. The van der Waals surface area contributed by atoms with Crippen molar-refractivity contribution in [3.8, 4) is 0 Å². The van der Waals surface area contributed by atoms with Crippen molar-refractivity contribution >= 4 is 11.6 Å². The minimum Gasteiger partial charge on any atom is -0.346 e. The molecule has 0 spiro atoms. The van der Waals surface area contributed by atoms with E-state index in [1.165, 1.54) is 21.1 Å². The van der Waals surface area contributed by atoms with E-state index in [1.807, 2.05) is 36.4 Å². The number of fused-ring (bicyclic) bond motifs is 2. The van der Waals surface area contributed by atoms with Gasteiger partial charge < -0.3 is 9.47 Å². The summed E-state index contributed by atoms with van der Waals surface area (Å²) in [6, 6.07) is 9.95. The maximum atomic E-state index is 12.9. The number of ketones is 2. The molecular weight excluding hydrogens is 280 g/mol. The highest BCUT2D eigenvalue weighted by Crippen LogP contribution is 2.53. The van der Waals surface area contributed by atoms with Crippen LogP contribution in [-0.4, -0.2) is 31.6 Å². The van der Waals surface area contributed by atoms with E-state index in [4.69, 9.17) is 9.47 Å². The van der Waals surface area contributed by atoms with Gasteiger partial charge in [0.05, 0.1) is 0 Å². The largest absolute Gasteiger partial charge is 0.346 e. The molecule has 1 aromatic rings. The highest BCUT2D eigenvalue weighted by molar-refractivity contribution is 6.02. The average molecular weight is 300 g/mol. The van der Waals surface area contributed by atoms with Gasteiger partial charge in [-0.1, -0.05) is 36.4 Å². The van der Waals surface area contributed by atoms with Gasteiger partial charge in [0, 0.05) is 31.6 Å². The first-order valence-electron chi connectivity index (χ1n) is 7.47. The van der Waals surface area contributed by atoms with Gasteiger partial charge in [0.1, 0.15) is 0 Å². The Balaban J connectivity index is 2.09. The quantitative estimate of drug-likeness (QED) is 0.802. The third kappa shape index (κ3) is 1.98. The smallest absolute Gasteiger partial charge is 0.236 e. The number of carbonyl (C=O) groups is 2. The molecule has 1 aromatic carbocycles. The lowest BCUT2D eigenvalue weighted by Crippen LogP contribution is -2.60. The van der Waals surface area contributed by atoms with E-state index in [0.29, 0.717) is 12.0 Å². The summed E-state index contributed by atoms with van der Waals surface area (Å²) in [7, 11) is 2.94. The first kappa shape index (κ1) is 15.1. The van der Waals surface area contributed by atoms with E-state index in [2.05, 4.69) is 0 Å². The molecule has 0 radical (unpaired) electrons. The van der Waals surface area contributed by atoms with Crippen LogP contribution in [-0.2, 0) is 19.1 Å². The molecule has 4 rings (SSSR count). The SMILES string of the molecule is COC1(OC)C(=O)[C@@H]2C=C(C(C)=O)[C@@H]1C[C@@H]2c1ccccc1. The van der Waals surface area contributed by atoms with E-state index in [9.17, 15) is 9.59 Å². The number of methoxy groups -OCH3 is 2. The zero-order valence-electron chi connectivity index (χ0n) is 13.0. The Morgan fingerprint density at radius 1 is 1.18 bits per heavy atom. The topological polar surface area (TPSA) is 52.6 Å². The first-order valence-corrected chi connectivity index (χ1v) is 7.47. The van der Waals surface area contributed by atoms with Crippen molar-refractivity contribution in [2.45, 2.75) is 25.0 Å². The Kier molecular flexibility index (Phi) is 3.75. The number of rotatable bonds is 4. The molecule has 4 heteroatoms. The highest BCUT2D eigenvalue weighted by Gasteiger charge is 2.60. The molecule has 1 saturated carbocycles. The van der Waals surface area contributed by atoms with Crippen LogP contribution in [0, 0.1) is 11.8 Å². The summed E-state index contributed by atoms with van der Waals surface area (Å²) in [6.07, 6.45) is 2.50. The highest BCUT2D eigenvalue weighted by atomic mass is 16.7. The number of carbonyl (C=O) groups excluding carboxylic acids is 2. The van der Waals surface area contributed by atoms with Crippen LogP contribution in [0.4, 0.5) is 0 Å². The van der Waals surface area contributed by atoms with Crippen molar-refractivity contribution in [2.75, 3.05) is 14.2 Å². The summed E-state index contributed by atoms with van der Waals surface area (Å²) in [6.45, 7) is 1.53. The van der Waals surface area contributed by atoms with Crippen molar-refractivity contribution in [3.63, 3.8) is 0 Å². The molecule has 1 fully saturated rings. The normalized spacial score (nSPS) is 29.3. The van der Waals surface area contributed by atoms with Crippen LogP contribution in [0.1, 0.15) is 24.8 Å². The molecule has 0 aromatic heterocycles. The molecule has 0 aliphatic heterocycles. The van der Waals surface area contributed by atoms with Crippen molar-refractivity contribution < 1.29 is 19.1 Å². The molecule has 3 atom stereocenters. The van der Waals surface area contributed by atoms with E-state index < -0.39 is 5.79 Å². The molecule has 116 valence electrons. The number of hydrogen-bond acceptors (Lipinski definition) is 4. The van der Waals surface area contributed by atoms with Gasteiger partial charge in [0.25, 0.3) is 0 Å². The molecule has 0 N–H and O–H groups in total. The molecular formula is C18H20O4. The fraction of sp³-hybridized carbons (Fsp3) is 0.444. The van der Waals surface area contributed by atoms with Crippen LogP contribution in [0.2, 0.25) is 0 Å². The van der Waals surface area contributed by atoms with Crippen LogP contribution in [0.3, 0.4) is 0 Å². The van der Waals surface area contributed by atoms with Gasteiger partial charge in [0.2, 0.25) is 5.79 Å². The number of allylic oxidation sites excluding steroid dienone is 1. The summed E-state index contributed by atoms with van der Waals surface area (Å²) < 4.78 is 10.9. The van der Waals surface area contributed by atoms with Gasteiger partial charge in [-0.05, 0) is 24.8 Å². The molecule has 4 nitrogen and oxygen atoms in total. The van der Waals surface area contributed by atoms with E-state index >= 15 is 0 Å². The first-order chi connectivity index (χ1) is 10.5. The zero-order chi connectivity index (χ0) is 15.9.